The van der Waals surface area contributed by atoms with Crippen molar-refractivity contribution in [3.63, 3.8) is 0 Å². The minimum atomic E-state index is -0.678. The molecule has 0 atom stereocenters. The van der Waals surface area contributed by atoms with E-state index in [4.69, 9.17) is 5.73 Å². The van der Waals surface area contributed by atoms with Gasteiger partial charge in [-0.25, -0.2) is 0 Å². The molecule has 2 N–H and O–H groups in total. The molecule has 1 amide bonds. The standard InChI is InChI=1S/C17H22N4O2/c1-3-20-11-14(17(18)23)16(22)13-5-4-12(10-15(13)20)21-8-6-19(2)7-9-21/h4-5,10-11H,3,6-9H2,1-2H3,(H2,18,23). The molecule has 0 unspecified atom stereocenters. The third-order valence-electron chi connectivity index (χ3n) is 4.54. The summed E-state index contributed by atoms with van der Waals surface area (Å²) < 4.78 is 1.91. The summed E-state index contributed by atoms with van der Waals surface area (Å²) in [7, 11) is 2.12. The SMILES string of the molecule is CCn1cc(C(N)=O)c(=O)c2ccc(N3CCN(C)CC3)cc21. The summed E-state index contributed by atoms with van der Waals surface area (Å²) in [5.74, 6) is -0.678. The highest BCUT2D eigenvalue weighted by atomic mass is 16.2. The Balaban J connectivity index is 2.11. The topological polar surface area (TPSA) is 71.6 Å². The average Bonchev–Trinajstić information content (AvgIpc) is 2.55. The smallest absolute Gasteiger partial charge is 0.254 e. The van der Waals surface area contributed by atoms with Gasteiger partial charge in [-0.3, -0.25) is 9.59 Å². The molecular formula is C17H22N4O2. The van der Waals surface area contributed by atoms with Crippen molar-refractivity contribution in [2.24, 2.45) is 5.73 Å². The van der Waals surface area contributed by atoms with Crippen molar-refractivity contribution in [1.29, 1.82) is 0 Å². The minimum Gasteiger partial charge on any atom is -0.369 e. The number of piperazine rings is 1. The number of hydrogen-bond acceptors (Lipinski definition) is 4. The molecule has 2 aromatic rings. The molecule has 1 aliphatic heterocycles. The maximum Gasteiger partial charge on any atom is 0.254 e. The van der Waals surface area contributed by atoms with Crippen molar-refractivity contribution in [2.75, 3.05) is 38.1 Å². The Bertz CT molecular complexity index is 804. The van der Waals surface area contributed by atoms with E-state index in [0.717, 1.165) is 37.4 Å². The molecule has 1 aliphatic rings. The molecule has 0 saturated carbocycles. The first-order valence-electron chi connectivity index (χ1n) is 7.91. The molecule has 0 spiro atoms. The Morgan fingerprint density at radius 3 is 2.52 bits per heavy atom. The van der Waals surface area contributed by atoms with Crippen LogP contribution < -0.4 is 16.1 Å². The van der Waals surface area contributed by atoms with E-state index < -0.39 is 5.91 Å². The van der Waals surface area contributed by atoms with Crippen LogP contribution in [0.2, 0.25) is 0 Å². The zero-order chi connectivity index (χ0) is 16.6. The second kappa shape index (κ2) is 6.04. The molecule has 3 rings (SSSR count). The van der Waals surface area contributed by atoms with Gasteiger partial charge in [0.05, 0.1) is 5.52 Å². The van der Waals surface area contributed by atoms with E-state index in [2.05, 4.69) is 16.8 Å². The lowest BCUT2D eigenvalue weighted by Crippen LogP contribution is -2.44. The summed E-state index contributed by atoms with van der Waals surface area (Å²) >= 11 is 0. The fourth-order valence-electron chi connectivity index (χ4n) is 3.08. The van der Waals surface area contributed by atoms with Crippen molar-refractivity contribution < 1.29 is 4.79 Å². The number of nitrogens with zero attached hydrogens (tertiary/aromatic N) is 3. The normalized spacial score (nSPS) is 16.0. The van der Waals surface area contributed by atoms with Crippen LogP contribution in [0.15, 0.2) is 29.2 Å². The van der Waals surface area contributed by atoms with Gasteiger partial charge in [0, 0.05) is 50.0 Å². The molecule has 1 aromatic heterocycles. The van der Waals surface area contributed by atoms with Gasteiger partial charge in [-0.15, -0.1) is 0 Å². The first-order chi connectivity index (χ1) is 11.0. The quantitative estimate of drug-likeness (QED) is 0.912. The van der Waals surface area contributed by atoms with Gasteiger partial charge >= 0.3 is 0 Å². The largest absolute Gasteiger partial charge is 0.369 e. The molecule has 0 aliphatic carbocycles. The van der Waals surface area contributed by atoms with E-state index in [1.807, 2.05) is 29.7 Å². The van der Waals surface area contributed by atoms with E-state index >= 15 is 0 Å². The van der Waals surface area contributed by atoms with Gasteiger partial charge in [-0.05, 0) is 32.2 Å². The molecule has 2 heterocycles. The van der Waals surface area contributed by atoms with Gasteiger partial charge in [0.25, 0.3) is 5.91 Å². The second-order valence-corrected chi connectivity index (χ2v) is 6.01. The van der Waals surface area contributed by atoms with E-state index in [1.165, 1.54) is 0 Å². The van der Waals surface area contributed by atoms with E-state index in [9.17, 15) is 9.59 Å². The van der Waals surface area contributed by atoms with Gasteiger partial charge in [-0.2, -0.15) is 0 Å². The molecule has 0 radical (unpaired) electrons. The number of primary amides is 1. The number of benzene rings is 1. The number of likely N-dealkylation sites (N-methyl/N-ethyl adjacent to an activating group) is 1. The molecule has 6 heteroatoms. The van der Waals surface area contributed by atoms with Crippen molar-refractivity contribution >= 4 is 22.5 Å². The van der Waals surface area contributed by atoms with Gasteiger partial charge in [-0.1, -0.05) is 0 Å². The maximum absolute atomic E-state index is 12.4. The van der Waals surface area contributed by atoms with Crippen LogP contribution in [-0.4, -0.2) is 48.6 Å². The summed E-state index contributed by atoms with van der Waals surface area (Å²) in [4.78, 5) is 28.5. The molecular weight excluding hydrogens is 292 g/mol. The first-order valence-corrected chi connectivity index (χ1v) is 7.91. The first kappa shape index (κ1) is 15.6. The molecule has 23 heavy (non-hydrogen) atoms. The summed E-state index contributed by atoms with van der Waals surface area (Å²) in [6, 6.07) is 5.81. The summed E-state index contributed by atoms with van der Waals surface area (Å²) in [6.07, 6.45) is 1.57. The number of aryl methyl sites for hydroxylation is 1. The Morgan fingerprint density at radius 2 is 1.91 bits per heavy atom. The predicted molar refractivity (Wildman–Crippen MR) is 92.1 cm³/mol. The van der Waals surface area contributed by atoms with Crippen LogP contribution in [-0.2, 0) is 6.54 Å². The molecule has 1 fully saturated rings. The van der Waals surface area contributed by atoms with Crippen molar-refractivity contribution in [1.82, 2.24) is 9.47 Å². The Hall–Kier alpha value is -2.34. The molecule has 6 nitrogen and oxygen atoms in total. The average molecular weight is 314 g/mol. The highest BCUT2D eigenvalue weighted by Crippen LogP contribution is 2.22. The lowest BCUT2D eigenvalue weighted by Gasteiger charge is -2.34. The predicted octanol–water partition coefficient (Wildman–Crippen LogP) is 0.872. The third-order valence-corrected chi connectivity index (χ3v) is 4.54. The number of carbonyl (C=O) groups is 1. The van der Waals surface area contributed by atoms with Crippen LogP contribution in [0.25, 0.3) is 10.9 Å². The lowest BCUT2D eigenvalue weighted by atomic mass is 10.1. The highest BCUT2D eigenvalue weighted by molar-refractivity contribution is 5.96. The minimum absolute atomic E-state index is 0.0479. The zero-order valence-electron chi connectivity index (χ0n) is 13.6. The fraction of sp³-hybridized carbons (Fsp3) is 0.412. The van der Waals surface area contributed by atoms with E-state index in [0.29, 0.717) is 11.9 Å². The Morgan fingerprint density at radius 1 is 1.22 bits per heavy atom. The van der Waals surface area contributed by atoms with Crippen LogP contribution in [0, 0.1) is 0 Å². The van der Waals surface area contributed by atoms with Crippen LogP contribution >= 0.6 is 0 Å². The van der Waals surface area contributed by atoms with Crippen LogP contribution in [0.5, 0.6) is 0 Å². The summed E-state index contributed by atoms with van der Waals surface area (Å²) in [5, 5.41) is 0.543. The van der Waals surface area contributed by atoms with E-state index in [1.54, 1.807) is 6.20 Å². The van der Waals surface area contributed by atoms with Gasteiger partial charge in [0.2, 0.25) is 5.43 Å². The second-order valence-electron chi connectivity index (χ2n) is 6.01. The number of fused-ring (bicyclic) bond motifs is 1. The van der Waals surface area contributed by atoms with Gasteiger partial charge in [0.1, 0.15) is 5.56 Å². The highest BCUT2D eigenvalue weighted by Gasteiger charge is 2.17. The number of nitrogens with two attached hydrogens (primary N) is 1. The maximum atomic E-state index is 12.4. The zero-order valence-corrected chi connectivity index (χ0v) is 13.6. The monoisotopic (exact) mass is 314 g/mol. The molecule has 0 bridgehead atoms. The Labute approximate surface area is 135 Å². The van der Waals surface area contributed by atoms with Gasteiger partial charge < -0.3 is 20.1 Å². The number of amides is 1. The Kier molecular flexibility index (Phi) is 4.09. The number of carbonyl (C=O) groups excluding carboxylic acids is 1. The fourth-order valence-corrected chi connectivity index (χ4v) is 3.08. The summed E-state index contributed by atoms with van der Waals surface area (Å²) in [6.45, 7) is 6.65. The third kappa shape index (κ3) is 2.82. The lowest BCUT2D eigenvalue weighted by molar-refractivity contribution is 0.0999. The van der Waals surface area contributed by atoms with Crippen molar-refractivity contribution in [3.8, 4) is 0 Å². The number of anilines is 1. The van der Waals surface area contributed by atoms with Crippen LogP contribution in [0.1, 0.15) is 17.3 Å². The number of aromatic nitrogens is 1. The number of rotatable bonds is 3. The molecule has 1 saturated heterocycles. The van der Waals surface area contributed by atoms with Crippen molar-refractivity contribution in [2.45, 2.75) is 13.5 Å². The van der Waals surface area contributed by atoms with Crippen LogP contribution in [0.4, 0.5) is 5.69 Å². The van der Waals surface area contributed by atoms with Crippen molar-refractivity contribution in [3.05, 3.63) is 40.2 Å². The number of pyridine rings is 1. The molecule has 1 aromatic carbocycles. The van der Waals surface area contributed by atoms with E-state index in [-0.39, 0.29) is 11.0 Å². The van der Waals surface area contributed by atoms with Crippen LogP contribution in [0.3, 0.4) is 0 Å². The summed E-state index contributed by atoms with van der Waals surface area (Å²) in [5.41, 5.74) is 7.04. The van der Waals surface area contributed by atoms with Gasteiger partial charge in [0.15, 0.2) is 0 Å². The molecule has 122 valence electrons. The number of hydrogen-bond donors (Lipinski definition) is 1.